The number of hydrogen-bond acceptors (Lipinski definition) is 4. The van der Waals surface area contributed by atoms with Crippen LogP contribution < -0.4 is 5.46 Å². The van der Waals surface area contributed by atoms with Crippen molar-refractivity contribution in [3.05, 3.63) is 24.3 Å². The first-order chi connectivity index (χ1) is 8.17. The Kier molecular flexibility index (Phi) is 4.89. The summed E-state index contributed by atoms with van der Waals surface area (Å²) in [6, 6.07) is 7.53. The molecule has 0 heterocycles. The van der Waals surface area contributed by atoms with Gasteiger partial charge in [0.1, 0.15) is 0 Å². The van der Waals surface area contributed by atoms with Gasteiger partial charge in [-0.3, -0.25) is 0 Å². The Labute approximate surface area is 114 Å². The molecule has 0 radical (unpaired) electrons. The Morgan fingerprint density at radius 1 is 1.11 bits per heavy atom. The Morgan fingerprint density at radius 2 is 1.61 bits per heavy atom. The van der Waals surface area contributed by atoms with Crippen LogP contribution in [0.2, 0.25) is 0 Å². The van der Waals surface area contributed by atoms with E-state index in [-0.39, 0.29) is 0 Å². The van der Waals surface area contributed by atoms with Crippen LogP contribution in [0.3, 0.4) is 0 Å². The van der Waals surface area contributed by atoms with Crippen LogP contribution in [0.1, 0.15) is 27.7 Å². The van der Waals surface area contributed by atoms with Gasteiger partial charge in [0.25, 0.3) is 0 Å². The highest BCUT2D eigenvalue weighted by Gasteiger charge is 2.39. The molecule has 0 aromatic heterocycles. The highest BCUT2D eigenvalue weighted by atomic mass is 32.2. The molecule has 0 aliphatic heterocycles. The molecule has 0 bridgehead atoms. The second-order valence-electron chi connectivity index (χ2n) is 5.31. The zero-order chi connectivity index (χ0) is 14.0. The van der Waals surface area contributed by atoms with Gasteiger partial charge in [0.2, 0.25) is 0 Å². The van der Waals surface area contributed by atoms with Crippen LogP contribution in [-0.4, -0.2) is 34.7 Å². The predicted molar refractivity (Wildman–Crippen MR) is 77.3 cm³/mol. The molecule has 0 saturated heterocycles. The monoisotopic (exact) mass is 268 g/mol. The molecule has 0 saturated carbocycles. The summed E-state index contributed by atoms with van der Waals surface area (Å²) in [6.07, 6.45) is 2.00. The molecule has 0 aliphatic rings. The minimum Gasteiger partial charge on any atom is -0.423 e. The zero-order valence-corrected chi connectivity index (χ0v) is 12.4. The van der Waals surface area contributed by atoms with Crippen molar-refractivity contribution in [1.29, 1.82) is 0 Å². The Balaban J connectivity index is 2.78. The van der Waals surface area contributed by atoms with E-state index in [1.165, 1.54) is 0 Å². The van der Waals surface area contributed by atoms with Crippen molar-refractivity contribution in [3.63, 3.8) is 0 Å². The van der Waals surface area contributed by atoms with Crippen LogP contribution in [0.5, 0.6) is 0 Å². The molecule has 1 aromatic carbocycles. The van der Waals surface area contributed by atoms with Gasteiger partial charge in [0.15, 0.2) is 0 Å². The highest BCUT2D eigenvalue weighted by Crippen LogP contribution is 2.25. The molecule has 0 spiro atoms. The quantitative estimate of drug-likeness (QED) is 0.630. The minimum absolute atomic E-state index is 0.685. The van der Waals surface area contributed by atoms with Gasteiger partial charge in [-0.1, -0.05) is 12.1 Å². The molecule has 0 aliphatic carbocycles. The molecule has 100 valence electrons. The van der Waals surface area contributed by atoms with Crippen molar-refractivity contribution < 1.29 is 14.8 Å². The first-order valence-electron chi connectivity index (χ1n) is 5.89. The van der Waals surface area contributed by atoms with Gasteiger partial charge in [0.05, 0.1) is 11.2 Å². The van der Waals surface area contributed by atoms with Gasteiger partial charge >= 0.3 is 7.12 Å². The van der Waals surface area contributed by atoms with Gasteiger partial charge in [0, 0.05) is 4.90 Å². The van der Waals surface area contributed by atoms with Crippen molar-refractivity contribution in [3.8, 4) is 0 Å². The van der Waals surface area contributed by atoms with Crippen molar-refractivity contribution in [2.75, 3.05) is 6.26 Å². The van der Waals surface area contributed by atoms with Crippen LogP contribution >= 0.6 is 11.8 Å². The van der Waals surface area contributed by atoms with E-state index in [4.69, 9.17) is 4.65 Å². The zero-order valence-electron chi connectivity index (χ0n) is 11.6. The first kappa shape index (κ1) is 15.6. The molecule has 0 unspecified atom stereocenters. The predicted octanol–water partition coefficient (Wildman–Crippen LogP) is 1.66. The van der Waals surface area contributed by atoms with E-state index in [1.54, 1.807) is 39.5 Å². The number of aliphatic hydroxyl groups is 1. The Bertz CT molecular complexity index is 384. The van der Waals surface area contributed by atoms with Gasteiger partial charge in [-0.05, 0) is 51.5 Å². The smallest absolute Gasteiger partial charge is 0.423 e. The van der Waals surface area contributed by atoms with E-state index < -0.39 is 18.3 Å². The molecule has 1 rings (SSSR count). The van der Waals surface area contributed by atoms with E-state index in [1.807, 2.05) is 30.5 Å². The van der Waals surface area contributed by atoms with Gasteiger partial charge < -0.3 is 14.8 Å². The molecule has 0 amide bonds. The largest absolute Gasteiger partial charge is 0.491 e. The number of benzene rings is 1. The first-order valence-corrected chi connectivity index (χ1v) is 7.12. The molecule has 1 aromatic rings. The highest BCUT2D eigenvalue weighted by molar-refractivity contribution is 7.98. The molecule has 5 heteroatoms. The molecule has 0 fully saturated rings. The third-order valence-corrected chi connectivity index (χ3v) is 4.02. The van der Waals surface area contributed by atoms with Crippen LogP contribution in [0, 0.1) is 0 Å². The van der Waals surface area contributed by atoms with Crippen LogP contribution in [0.15, 0.2) is 29.2 Å². The summed E-state index contributed by atoms with van der Waals surface area (Å²) in [4.78, 5) is 1.13. The second kappa shape index (κ2) is 5.65. The van der Waals surface area contributed by atoms with Crippen LogP contribution in [0.4, 0.5) is 0 Å². The van der Waals surface area contributed by atoms with Gasteiger partial charge in [-0.2, -0.15) is 0 Å². The summed E-state index contributed by atoms with van der Waals surface area (Å²) in [5, 5.41) is 20.0. The number of rotatable bonds is 5. The van der Waals surface area contributed by atoms with Crippen molar-refractivity contribution >= 4 is 24.3 Å². The lowest BCUT2D eigenvalue weighted by molar-refractivity contribution is -0.0982. The normalized spacial score (nSPS) is 12.6. The summed E-state index contributed by atoms with van der Waals surface area (Å²) in [5.41, 5.74) is -1.19. The number of hydrogen-bond donors (Lipinski definition) is 2. The fourth-order valence-electron chi connectivity index (χ4n) is 1.26. The van der Waals surface area contributed by atoms with E-state index >= 15 is 0 Å². The Morgan fingerprint density at radius 3 is 2.00 bits per heavy atom. The van der Waals surface area contributed by atoms with Crippen molar-refractivity contribution in [2.24, 2.45) is 0 Å². The third-order valence-electron chi connectivity index (χ3n) is 3.28. The summed E-state index contributed by atoms with van der Waals surface area (Å²) in [6.45, 7) is 6.84. The third kappa shape index (κ3) is 3.75. The Hall–Kier alpha value is -0.485. The number of thioether (sulfide) groups is 1. The average Bonchev–Trinajstić information content (AvgIpc) is 2.27. The van der Waals surface area contributed by atoms with E-state index in [0.29, 0.717) is 5.46 Å². The lowest BCUT2D eigenvalue weighted by atomic mass is 9.76. The maximum absolute atomic E-state index is 10.0. The SMILES string of the molecule is CSc1ccc(B(O)OC(C)(C)C(C)(C)O)cc1. The second-order valence-corrected chi connectivity index (χ2v) is 6.19. The molecular formula is C13H21BO3S. The van der Waals surface area contributed by atoms with Crippen molar-refractivity contribution in [2.45, 2.75) is 43.8 Å². The maximum atomic E-state index is 10.0. The van der Waals surface area contributed by atoms with Gasteiger partial charge in [-0.15, -0.1) is 11.8 Å². The summed E-state index contributed by atoms with van der Waals surface area (Å²) in [7, 11) is -1.04. The van der Waals surface area contributed by atoms with E-state index in [9.17, 15) is 10.1 Å². The van der Waals surface area contributed by atoms with Crippen LogP contribution in [-0.2, 0) is 4.65 Å². The lowest BCUT2D eigenvalue weighted by Crippen LogP contribution is -2.53. The van der Waals surface area contributed by atoms with Crippen molar-refractivity contribution in [1.82, 2.24) is 0 Å². The lowest BCUT2D eigenvalue weighted by Gasteiger charge is -2.38. The molecule has 3 nitrogen and oxygen atoms in total. The molecule has 2 N–H and O–H groups in total. The summed E-state index contributed by atoms with van der Waals surface area (Å²) < 4.78 is 5.56. The average molecular weight is 268 g/mol. The van der Waals surface area contributed by atoms with Gasteiger partial charge in [-0.25, -0.2) is 0 Å². The standard InChI is InChI=1S/C13H21BO3S/c1-12(2,15)13(3,4)17-14(16)10-6-8-11(18-5)9-7-10/h6-9,15-16H,1-5H3. The molecule has 18 heavy (non-hydrogen) atoms. The minimum atomic E-state index is -1.04. The van der Waals surface area contributed by atoms with Crippen LogP contribution in [0.25, 0.3) is 0 Å². The fourth-order valence-corrected chi connectivity index (χ4v) is 1.67. The molecule has 0 atom stereocenters. The summed E-state index contributed by atoms with van der Waals surface area (Å²) in [5.74, 6) is 0. The maximum Gasteiger partial charge on any atom is 0.491 e. The van der Waals surface area contributed by atoms with E-state index in [0.717, 1.165) is 4.90 Å². The van der Waals surface area contributed by atoms with E-state index in [2.05, 4.69) is 0 Å². The fraction of sp³-hybridized carbons (Fsp3) is 0.538. The summed E-state index contributed by atoms with van der Waals surface area (Å²) >= 11 is 1.64. The topological polar surface area (TPSA) is 49.7 Å². The molecular weight excluding hydrogens is 247 g/mol.